The average Bonchev–Trinajstić information content (AvgIpc) is 3.50. The van der Waals surface area contributed by atoms with Gasteiger partial charge in [-0.05, 0) is 85.8 Å². The van der Waals surface area contributed by atoms with Gasteiger partial charge in [0, 0.05) is 32.5 Å². The summed E-state index contributed by atoms with van der Waals surface area (Å²) in [5.74, 6) is 0. The van der Waals surface area contributed by atoms with E-state index < -0.39 is 0 Å². The molecule has 3 heterocycles. The topological polar surface area (TPSA) is 27.7 Å². The fraction of sp³-hybridized carbons (Fsp3) is 1.00. The second kappa shape index (κ2) is 10.1. The molecule has 6 saturated carbocycles. The van der Waals surface area contributed by atoms with E-state index in [0.717, 1.165) is 0 Å². The van der Waals surface area contributed by atoms with Crippen molar-refractivity contribution in [1.29, 1.82) is 0 Å². The van der Waals surface area contributed by atoms with Crippen LogP contribution in [-0.4, -0.2) is 36.6 Å². The monoisotopic (exact) mass is 793 g/mol. The summed E-state index contributed by atoms with van der Waals surface area (Å²) in [4.78, 5) is 0. The van der Waals surface area contributed by atoms with Crippen molar-refractivity contribution in [3.05, 3.63) is 0 Å². The van der Waals surface area contributed by atoms with E-state index in [1.54, 1.807) is 0 Å². The molecule has 0 aromatic carbocycles. The Morgan fingerprint density at radius 3 is 0.526 bits per heavy atom. The lowest BCUT2D eigenvalue weighted by Gasteiger charge is -2.53. The van der Waals surface area contributed by atoms with Gasteiger partial charge >= 0.3 is 0 Å². The third-order valence-electron chi connectivity index (χ3n) is 29.4. The van der Waals surface area contributed by atoms with Crippen molar-refractivity contribution in [1.82, 2.24) is 0 Å². The summed E-state index contributed by atoms with van der Waals surface area (Å²) in [7, 11) is 0. The number of hydrogen-bond donors (Lipinski definition) is 0. The second-order valence-electron chi connectivity index (χ2n) is 29.0. The van der Waals surface area contributed by atoms with E-state index in [9.17, 15) is 0 Å². The predicted octanol–water partition coefficient (Wildman–Crippen LogP) is 14.7. The van der Waals surface area contributed by atoms with Crippen molar-refractivity contribution in [2.24, 2.45) is 97.5 Å². The van der Waals surface area contributed by atoms with Crippen LogP contribution in [0.5, 0.6) is 0 Å². The lowest BCUT2D eigenvalue weighted by Crippen LogP contribution is -2.52. The normalized spacial score (nSPS) is 59.7. The average molecular weight is 793 g/mol. The molecule has 9 rings (SSSR count). The Labute approximate surface area is 354 Å². The van der Waals surface area contributed by atoms with Crippen LogP contribution in [0.15, 0.2) is 0 Å². The van der Waals surface area contributed by atoms with Crippen molar-refractivity contribution < 1.29 is 14.2 Å². The highest BCUT2D eigenvalue weighted by Gasteiger charge is 2.98. The molecule has 0 bridgehead atoms. The van der Waals surface area contributed by atoms with Gasteiger partial charge in [0.1, 0.15) is 0 Å². The molecule has 57 heavy (non-hydrogen) atoms. The van der Waals surface area contributed by atoms with Crippen molar-refractivity contribution in [3.8, 4) is 0 Å². The van der Waals surface area contributed by atoms with Gasteiger partial charge in [0.05, 0.1) is 36.6 Å². The molecule has 9 aliphatic rings. The second-order valence-corrected chi connectivity index (χ2v) is 29.0. The van der Waals surface area contributed by atoms with Crippen LogP contribution in [0.2, 0.25) is 0 Å². The highest BCUT2D eigenvalue weighted by atomic mass is 16.5. The fourth-order valence-electron chi connectivity index (χ4n) is 21.1. The molecule has 1 unspecified atom stereocenters. The largest absolute Gasteiger partial charge is 0.373 e. The maximum atomic E-state index is 6.60. The molecule has 0 radical (unpaired) electrons. The third kappa shape index (κ3) is 3.30. The van der Waals surface area contributed by atoms with Gasteiger partial charge in [0.2, 0.25) is 0 Å². The van der Waals surface area contributed by atoms with Gasteiger partial charge in [-0.3, -0.25) is 0 Å². The molecule has 0 N–H and O–H groups in total. The number of rotatable bonds is 0. The first kappa shape index (κ1) is 44.9. The molecule has 0 aromatic heterocycles. The highest BCUT2D eigenvalue weighted by molar-refractivity contribution is 5.44. The van der Waals surface area contributed by atoms with Crippen LogP contribution in [0.1, 0.15) is 208 Å². The van der Waals surface area contributed by atoms with Gasteiger partial charge in [-0.2, -0.15) is 0 Å². The van der Waals surface area contributed by atoms with Gasteiger partial charge in [-0.15, -0.1) is 0 Å². The molecular formula is C54H96O3. The Kier molecular flexibility index (Phi) is 7.99. The molecule has 3 heteroatoms. The zero-order chi connectivity index (χ0) is 44.6. The number of ether oxygens (including phenoxy) is 3. The van der Waals surface area contributed by atoms with Crippen molar-refractivity contribution in [2.75, 3.05) is 0 Å². The van der Waals surface area contributed by atoms with Gasteiger partial charge < -0.3 is 14.2 Å². The van der Waals surface area contributed by atoms with Crippen molar-refractivity contribution in [3.63, 3.8) is 0 Å². The van der Waals surface area contributed by atoms with Crippen LogP contribution in [0.3, 0.4) is 0 Å². The van der Waals surface area contributed by atoms with Crippen LogP contribution in [0.25, 0.3) is 0 Å². The molecule has 3 nitrogen and oxygen atoms in total. The van der Waals surface area contributed by atoms with E-state index in [0.29, 0.717) is 85.4 Å². The number of fused-ring (bicyclic) bond motifs is 9. The van der Waals surface area contributed by atoms with Crippen LogP contribution < -0.4 is 0 Å². The van der Waals surface area contributed by atoms with Gasteiger partial charge in [-0.1, -0.05) is 187 Å². The summed E-state index contributed by atoms with van der Waals surface area (Å²) >= 11 is 0. The Bertz CT molecular complexity index is 1590. The van der Waals surface area contributed by atoms with E-state index in [1.165, 1.54) is 0 Å². The summed E-state index contributed by atoms with van der Waals surface area (Å²) in [5.41, 5.74) is 5.43. The molecule has 9 fully saturated rings. The molecule has 3 aliphatic heterocycles. The summed E-state index contributed by atoms with van der Waals surface area (Å²) < 4.78 is 19.8. The summed E-state index contributed by atoms with van der Waals surface area (Å²) in [6.45, 7) is 73.6. The minimum atomic E-state index is 0.233. The Morgan fingerprint density at radius 1 is 0.228 bits per heavy atom. The summed E-state index contributed by atoms with van der Waals surface area (Å²) in [6.07, 6.45) is 2.21. The molecular weight excluding hydrogens is 697 g/mol. The standard InChI is InChI=1S/3C18H32O/c3*1-11-13(2,3)16(8)12(19-11)17(9)15(6,7)18(17,10)14(16,4)5/h3*11-12H,1-10H3/t11?,12-,16-,17-,18+;11-,12+,16+,17+,18-;11-,12-,16-,17-,18+/m010/s1. The predicted molar refractivity (Wildman–Crippen MR) is 240 cm³/mol. The van der Waals surface area contributed by atoms with E-state index in [4.69, 9.17) is 14.2 Å². The maximum Gasteiger partial charge on any atom is 0.0708 e. The van der Waals surface area contributed by atoms with E-state index in [2.05, 4.69) is 208 Å². The molecule has 15 atom stereocenters. The minimum Gasteiger partial charge on any atom is -0.373 e. The summed E-state index contributed by atoms with van der Waals surface area (Å²) in [6, 6.07) is 0. The molecule has 0 spiro atoms. The summed E-state index contributed by atoms with van der Waals surface area (Å²) in [5, 5.41) is 0. The first-order chi connectivity index (χ1) is 24.8. The molecule has 3 saturated heterocycles. The first-order valence-corrected chi connectivity index (χ1v) is 23.7. The number of hydrogen-bond acceptors (Lipinski definition) is 3. The van der Waals surface area contributed by atoms with E-state index in [-0.39, 0.29) is 48.7 Å². The third-order valence-corrected chi connectivity index (χ3v) is 29.4. The molecule has 330 valence electrons. The highest BCUT2D eigenvalue weighted by Crippen LogP contribution is 2.99. The van der Waals surface area contributed by atoms with Gasteiger partial charge in [0.15, 0.2) is 0 Å². The quantitative estimate of drug-likeness (QED) is 0.245. The Morgan fingerprint density at radius 2 is 0.368 bits per heavy atom. The van der Waals surface area contributed by atoms with Crippen LogP contribution >= 0.6 is 0 Å². The molecule has 0 aromatic rings. The lowest BCUT2D eigenvalue weighted by atomic mass is 9.49. The van der Waals surface area contributed by atoms with Crippen LogP contribution in [-0.2, 0) is 14.2 Å². The van der Waals surface area contributed by atoms with Crippen LogP contribution in [0.4, 0.5) is 0 Å². The fourth-order valence-corrected chi connectivity index (χ4v) is 21.1. The van der Waals surface area contributed by atoms with Crippen molar-refractivity contribution in [2.45, 2.75) is 244 Å². The Hall–Kier alpha value is -0.120. The zero-order valence-electron chi connectivity index (χ0n) is 43.7. The SMILES string of the molecule is CC1O[C@H]2[C@@](C)(C1(C)C)C(C)(C)[C@]1(C)C(C)(C)[C@]21C.C[C@@H]1O[C@H]2[C@@](C)(C1(C)C)C(C)(C)[C@]1(C)C(C)(C)[C@]21C.C[C@H]1O[C@H]2[C@@](C)(C1(C)C)C(C)(C)[C@]1(C)C(C)(C)[C@]21C. The lowest BCUT2D eigenvalue weighted by molar-refractivity contribution is -0.0674. The smallest absolute Gasteiger partial charge is 0.0708 e. The molecule has 0 amide bonds. The minimum absolute atomic E-state index is 0.233. The van der Waals surface area contributed by atoms with Crippen molar-refractivity contribution >= 4 is 0 Å². The van der Waals surface area contributed by atoms with Gasteiger partial charge in [-0.25, -0.2) is 0 Å². The zero-order valence-corrected chi connectivity index (χ0v) is 43.7. The first-order valence-electron chi connectivity index (χ1n) is 23.7. The Balaban J connectivity index is 0.000000131. The van der Waals surface area contributed by atoms with Gasteiger partial charge in [0.25, 0.3) is 0 Å². The van der Waals surface area contributed by atoms with Crippen LogP contribution in [0, 0.1) is 97.5 Å². The van der Waals surface area contributed by atoms with E-state index >= 15 is 0 Å². The maximum absolute atomic E-state index is 6.60. The molecule has 6 aliphatic carbocycles. The van der Waals surface area contributed by atoms with E-state index in [1.807, 2.05) is 0 Å².